The minimum absolute atomic E-state index is 0.413. The Hall–Kier alpha value is -0.860. The first-order valence-corrected chi connectivity index (χ1v) is 8.57. The Kier molecular flexibility index (Phi) is 5.83. The molecule has 2 rings (SSSR count). The van der Waals surface area contributed by atoms with Crippen LogP contribution in [0.25, 0.3) is 0 Å². The van der Waals surface area contributed by atoms with Crippen molar-refractivity contribution in [3.05, 3.63) is 35.4 Å². The Morgan fingerprint density at radius 2 is 1.86 bits per heavy atom. The summed E-state index contributed by atoms with van der Waals surface area (Å²) in [5, 5.41) is 3.54. The van der Waals surface area contributed by atoms with Gasteiger partial charge in [0.1, 0.15) is 0 Å². The standard InChI is InChI=1S/C19H32N2/c1-6-17-7-9-18(10-8-17)19(20-5)16(4)21-12-11-14(2)15(3)13-21/h7-10,14-16,19-20H,6,11-13H2,1-5H3. The maximum Gasteiger partial charge on any atom is 0.0473 e. The van der Waals surface area contributed by atoms with Crippen LogP contribution in [0.5, 0.6) is 0 Å². The van der Waals surface area contributed by atoms with E-state index in [0.29, 0.717) is 12.1 Å². The molecule has 1 aromatic carbocycles. The molecular weight excluding hydrogens is 256 g/mol. The Labute approximate surface area is 130 Å². The third kappa shape index (κ3) is 3.87. The molecule has 0 aromatic heterocycles. The van der Waals surface area contributed by atoms with Crippen LogP contribution in [-0.4, -0.2) is 31.1 Å². The number of piperidine rings is 1. The van der Waals surface area contributed by atoms with E-state index in [1.54, 1.807) is 0 Å². The molecule has 1 N–H and O–H groups in total. The Balaban J connectivity index is 2.08. The zero-order valence-corrected chi connectivity index (χ0v) is 14.4. The van der Waals surface area contributed by atoms with Crippen molar-refractivity contribution in [2.24, 2.45) is 11.8 Å². The minimum atomic E-state index is 0.413. The normalized spacial score (nSPS) is 26.5. The predicted molar refractivity (Wildman–Crippen MR) is 91.6 cm³/mol. The molecule has 1 fully saturated rings. The molecule has 0 amide bonds. The molecule has 0 bridgehead atoms. The highest BCUT2D eigenvalue weighted by molar-refractivity contribution is 5.26. The quantitative estimate of drug-likeness (QED) is 0.884. The van der Waals surface area contributed by atoms with Gasteiger partial charge in [0.05, 0.1) is 0 Å². The second kappa shape index (κ2) is 7.42. The van der Waals surface area contributed by atoms with Crippen molar-refractivity contribution in [1.29, 1.82) is 0 Å². The summed E-state index contributed by atoms with van der Waals surface area (Å²) in [5.74, 6) is 1.67. The third-order valence-electron chi connectivity index (χ3n) is 5.48. The zero-order chi connectivity index (χ0) is 15.4. The number of aryl methyl sites for hydroxylation is 1. The molecule has 4 unspecified atom stereocenters. The van der Waals surface area contributed by atoms with Gasteiger partial charge in [-0.3, -0.25) is 4.90 Å². The molecule has 0 spiro atoms. The smallest absolute Gasteiger partial charge is 0.0473 e. The molecule has 0 saturated carbocycles. The fraction of sp³-hybridized carbons (Fsp3) is 0.684. The predicted octanol–water partition coefficient (Wildman–Crippen LogP) is 3.88. The molecule has 2 nitrogen and oxygen atoms in total. The first kappa shape index (κ1) is 16.5. The van der Waals surface area contributed by atoms with Crippen molar-refractivity contribution >= 4 is 0 Å². The number of likely N-dealkylation sites (N-methyl/N-ethyl adjacent to an activating group) is 1. The summed E-state index contributed by atoms with van der Waals surface area (Å²) in [6, 6.07) is 10.1. The van der Waals surface area contributed by atoms with Gasteiger partial charge in [-0.1, -0.05) is 45.0 Å². The summed E-state index contributed by atoms with van der Waals surface area (Å²) in [4.78, 5) is 2.67. The lowest BCUT2D eigenvalue weighted by Crippen LogP contribution is -2.48. The highest BCUT2D eigenvalue weighted by Gasteiger charge is 2.29. The van der Waals surface area contributed by atoms with Gasteiger partial charge in [-0.05, 0) is 56.3 Å². The van der Waals surface area contributed by atoms with Crippen LogP contribution in [0.1, 0.15) is 51.3 Å². The van der Waals surface area contributed by atoms with Crippen LogP contribution in [0.2, 0.25) is 0 Å². The summed E-state index contributed by atoms with van der Waals surface area (Å²) in [6.45, 7) is 11.8. The summed E-state index contributed by atoms with van der Waals surface area (Å²) in [5.41, 5.74) is 2.83. The fourth-order valence-corrected chi connectivity index (χ4v) is 3.52. The van der Waals surface area contributed by atoms with Gasteiger partial charge in [-0.15, -0.1) is 0 Å². The molecule has 2 heteroatoms. The largest absolute Gasteiger partial charge is 0.312 e. The number of hydrogen-bond donors (Lipinski definition) is 1. The molecule has 118 valence electrons. The monoisotopic (exact) mass is 288 g/mol. The lowest BCUT2D eigenvalue weighted by molar-refractivity contribution is 0.0853. The van der Waals surface area contributed by atoms with E-state index in [0.717, 1.165) is 18.3 Å². The van der Waals surface area contributed by atoms with E-state index in [-0.39, 0.29) is 0 Å². The summed E-state index contributed by atoms with van der Waals surface area (Å²) in [7, 11) is 2.09. The Bertz CT molecular complexity index is 426. The van der Waals surface area contributed by atoms with Gasteiger partial charge < -0.3 is 5.32 Å². The van der Waals surface area contributed by atoms with E-state index in [9.17, 15) is 0 Å². The molecule has 0 radical (unpaired) electrons. The highest BCUT2D eigenvalue weighted by Crippen LogP contribution is 2.28. The van der Waals surface area contributed by atoms with Crippen molar-refractivity contribution in [3.63, 3.8) is 0 Å². The maximum atomic E-state index is 3.54. The molecule has 1 aliphatic heterocycles. The number of rotatable bonds is 5. The van der Waals surface area contributed by atoms with Crippen molar-refractivity contribution < 1.29 is 0 Å². The molecular formula is C19H32N2. The highest BCUT2D eigenvalue weighted by atomic mass is 15.2. The minimum Gasteiger partial charge on any atom is -0.312 e. The second-order valence-corrected chi connectivity index (χ2v) is 6.84. The van der Waals surface area contributed by atoms with Gasteiger partial charge in [-0.25, -0.2) is 0 Å². The van der Waals surface area contributed by atoms with Crippen molar-refractivity contribution in [3.8, 4) is 0 Å². The Morgan fingerprint density at radius 3 is 2.38 bits per heavy atom. The van der Waals surface area contributed by atoms with Crippen LogP contribution >= 0.6 is 0 Å². The molecule has 21 heavy (non-hydrogen) atoms. The molecule has 0 aliphatic carbocycles. The van der Waals surface area contributed by atoms with Crippen LogP contribution in [0.3, 0.4) is 0 Å². The number of nitrogens with one attached hydrogen (secondary N) is 1. The van der Waals surface area contributed by atoms with Crippen LogP contribution in [0.4, 0.5) is 0 Å². The lowest BCUT2D eigenvalue weighted by Gasteiger charge is -2.41. The van der Waals surface area contributed by atoms with Gasteiger partial charge in [0.2, 0.25) is 0 Å². The maximum absolute atomic E-state index is 3.54. The van der Waals surface area contributed by atoms with Crippen LogP contribution in [0, 0.1) is 11.8 Å². The number of likely N-dealkylation sites (tertiary alicyclic amines) is 1. The molecule has 1 heterocycles. The summed E-state index contributed by atoms with van der Waals surface area (Å²) >= 11 is 0. The summed E-state index contributed by atoms with van der Waals surface area (Å²) in [6.07, 6.45) is 2.44. The van der Waals surface area contributed by atoms with E-state index >= 15 is 0 Å². The number of benzene rings is 1. The molecule has 1 aliphatic rings. The number of hydrogen-bond acceptors (Lipinski definition) is 2. The van der Waals surface area contributed by atoms with Gasteiger partial charge in [-0.2, -0.15) is 0 Å². The molecule has 4 atom stereocenters. The molecule has 1 saturated heterocycles. The van der Waals surface area contributed by atoms with E-state index in [1.807, 2.05) is 0 Å². The van der Waals surface area contributed by atoms with Gasteiger partial charge in [0.25, 0.3) is 0 Å². The van der Waals surface area contributed by atoms with E-state index in [4.69, 9.17) is 0 Å². The van der Waals surface area contributed by atoms with E-state index in [1.165, 1.54) is 30.6 Å². The molecule has 1 aromatic rings. The topological polar surface area (TPSA) is 15.3 Å². The zero-order valence-electron chi connectivity index (χ0n) is 14.4. The third-order valence-corrected chi connectivity index (χ3v) is 5.48. The van der Waals surface area contributed by atoms with Gasteiger partial charge in [0, 0.05) is 18.6 Å². The Morgan fingerprint density at radius 1 is 1.19 bits per heavy atom. The van der Waals surface area contributed by atoms with E-state index < -0.39 is 0 Å². The first-order chi connectivity index (χ1) is 10.1. The second-order valence-electron chi connectivity index (χ2n) is 6.84. The van der Waals surface area contributed by atoms with Crippen molar-refractivity contribution in [2.75, 3.05) is 20.1 Å². The summed E-state index contributed by atoms with van der Waals surface area (Å²) < 4.78 is 0. The van der Waals surface area contributed by atoms with Crippen molar-refractivity contribution in [1.82, 2.24) is 10.2 Å². The van der Waals surface area contributed by atoms with Crippen LogP contribution < -0.4 is 5.32 Å². The van der Waals surface area contributed by atoms with Gasteiger partial charge in [0.15, 0.2) is 0 Å². The van der Waals surface area contributed by atoms with Crippen LogP contribution in [0.15, 0.2) is 24.3 Å². The average Bonchev–Trinajstić information content (AvgIpc) is 2.51. The SMILES string of the molecule is CCc1ccc(C(NC)C(C)N2CCC(C)C(C)C2)cc1. The van der Waals surface area contributed by atoms with E-state index in [2.05, 4.69) is 69.2 Å². The van der Waals surface area contributed by atoms with Gasteiger partial charge >= 0.3 is 0 Å². The first-order valence-electron chi connectivity index (χ1n) is 8.57. The lowest BCUT2D eigenvalue weighted by atomic mass is 9.86. The number of nitrogens with zero attached hydrogens (tertiary/aromatic N) is 1. The van der Waals surface area contributed by atoms with Crippen LogP contribution in [-0.2, 0) is 6.42 Å². The van der Waals surface area contributed by atoms with Crippen molar-refractivity contribution in [2.45, 2.75) is 52.6 Å². The average molecular weight is 288 g/mol. The fourth-order valence-electron chi connectivity index (χ4n) is 3.52.